The standard InChI is InChI=1S/C20H22FN.C4H4O4/c1-14-18-9-8-17(21)13-16(18)12-15(10-11-22(2)3)20-7-5-4-6-19(14)20;5-3(6)1-2-4(7)8/h4-9,13,15H,1,10-12H2,2-3H3;1-2H,(H,5,6)(H,7,8). The van der Waals surface area contributed by atoms with Gasteiger partial charge in [-0.05, 0) is 79.4 Å². The van der Waals surface area contributed by atoms with Crippen LogP contribution in [0.15, 0.2) is 61.2 Å². The van der Waals surface area contributed by atoms with Crippen molar-refractivity contribution in [1.29, 1.82) is 0 Å². The molecule has 0 amide bonds. The van der Waals surface area contributed by atoms with Crippen molar-refractivity contribution in [1.82, 2.24) is 4.90 Å². The second kappa shape index (κ2) is 10.5. The Labute approximate surface area is 175 Å². The van der Waals surface area contributed by atoms with Gasteiger partial charge in [0, 0.05) is 12.2 Å². The van der Waals surface area contributed by atoms with E-state index in [0.717, 1.165) is 36.1 Å². The van der Waals surface area contributed by atoms with Crippen molar-refractivity contribution < 1.29 is 24.2 Å². The molecule has 0 spiro atoms. The van der Waals surface area contributed by atoms with Crippen LogP contribution in [0.4, 0.5) is 4.39 Å². The summed E-state index contributed by atoms with van der Waals surface area (Å²) >= 11 is 0. The molecular weight excluding hydrogens is 385 g/mol. The van der Waals surface area contributed by atoms with Crippen LogP contribution in [0.1, 0.15) is 34.6 Å². The molecule has 2 aromatic rings. The number of fused-ring (bicyclic) bond motifs is 2. The summed E-state index contributed by atoms with van der Waals surface area (Å²) in [5, 5.41) is 15.6. The van der Waals surface area contributed by atoms with Crippen LogP contribution < -0.4 is 0 Å². The van der Waals surface area contributed by atoms with E-state index in [1.54, 1.807) is 6.07 Å². The Morgan fingerprint density at radius 2 is 1.73 bits per heavy atom. The molecule has 1 unspecified atom stereocenters. The van der Waals surface area contributed by atoms with E-state index in [-0.39, 0.29) is 5.82 Å². The number of benzene rings is 2. The van der Waals surface area contributed by atoms with E-state index in [0.29, 0.717) is 18.1 Å². The summed E-state index contributed by atoms with van der Waals surface area (Å²) in [7, 11) is 4.18. The number of carbonyl (C=O) groups is 2. The van der Waals surface area contributed by atoms with E-state index in [1.807, 2.05) is 6.07 Å². The number of nitrogens with zero attached hydrogens (tertiary/aromatic N) is 1. The van der Waals surface area contributed by atoms with E-state index in [1.165, 1.54) is 17.2 Å². The van der Waals surface area contributed by atoms with Gasteiger partial charge in [0.15, 0.2) is 0 Å². The molecule has 0 saturated carbocycles. The zero-order valence-electron chi connectivity index (χ0n) is 17.1. The Kier molecular flexibility index (Phi) is 8.07. The third-order valence-electron chi connectivity index (χ3n) is 4.88. The molecular formula is C24H26FNO4. The highest BCUT2D eigenvalue weighted by atomic mass is 19.1. The van der Waals surface area contributed by atoms with Gasteiger partial charge < -0.3 is 15.1 Å². The first-order chi connectivity index (χ1) is 14.2. The van der Waals surface area contributed by atoms with Crippen molar-refractivity contribution in [2.24, 2.45) is 0 Å². The van der Waals surface area contributed by atoms with Crippen LogP contribution in [0.25, 0.3) is 5.57 Å². The van der Waals surface area contributed by atoms with Crippen molar-refractivity contribution in [2.75, 3.05) is 20.6 Å². The first-order valence-corrected chi connectivity index (χ1v) is 9.54. The second-order valence-corrected chi connectivity index (χ2v) is 7.37. The first-order valence-electron chi connectivity index (χ1n) is 9.54. The largest absolute Gasteiger partial charge is 0.478 e. The average Bonchev–Trinajstić information content (AvgIpc) is 2.80. The Hall–Kier alpha value is -3.25. The van der Waals surface area contributed by atoms with Gasteiger partial charge in [0.2, 0.25) is 0 Å². The van der Waals surface area contributed by atoms with Crippen LogP contribution in [0.3, 0.4) is 0 Å². The van der Waals surface area contributed by atoms with Gasteiger partial charge in [-0.3, -0.25) is 0 Å². The molecule has 2 N–H and O–H groups in total. The van der Waals surface area contributed by atoms with Crippen molar-refractivity contribution in [3.05, 3.63) is 89.3 Å². The predicted octanol–water partition coefficient (Wildman–Crippen LogP) is 4.19. The lowest BCUT2D eigenvalue weighted by Gasteiger charge is -2.20. The van der Waals surface area contributed by atoms with Gasteiger partial charge in [0.1, 0.15) is 5.82 Å². The Morgan fingerprint density at radius 3 is 2.33 bits per heavy atom. The lowest BCUT2D eigenvalue weighted by molar-refractivity contribution is -0.134. The van der Waals surface area contributed by atoms with E-state index in [4.69, 9.17) is 10.2 Å². The summed E-state index contributed by atoms with van der Waals surface area (Å²) in [5.74, 6) is -2.28. The van der Waals surface area contributed by atoms with Crippen molar-refractivity contribution in [2.45, 2.75) is 18.8 Å². The van der Waals surface area contributed by atoms with Crippen LogP contribution in [0, 0.1) is 5.82 Å². The molecule has 0 heterocycles. The number of hydrogen-bond acceptors (Lipinski definition) is 3. The van der Waals surface area contributed by atoms with Gasteiger partial charge in [-0.15, -0.1) is 0 Å². The van der Waals surface area contributed by atoms with Gasteiger partial charge >= 0.3 is 11.9 Å². The molecule has 1 aliphatic carbocycles. The zero-order valence-corrected chi connectivity index (χ0v) is 17.1. The van der Waals surface area contributed by atoms with Crippen LogP contribution in [-0.4, -0.2) is 47.7 Å². The van der Waals surface area contributed by atoms with Crippen LogP contribution in [-0.2, 0) is 16.0 Å². The minimum absolute atomic E-state index is 0.163. The van der Waals surface area contributed by atoms with Gasteiger partial charge in [-0.25, -0.2) is 14.0 Å². The highest BCUT2D eigenvalue weighted by molar-refractivity contribution is 5.89. The molecule has 0 bridgehead atoms. The molecule has 0 aromatic heterocycles. The van der Waals surface area contributed by atoms with Gasteiger partial charge in [-0.1, -0.05) is 36.9 Å². The molecule has 30 heavy (non-hydrogen) atoms. The number of hydrogen-bond donors (Lipinski definition) is 2. The Balaban J connectivity index is 0.000000343. The fourth-order valence-corrected chi connectivity index (χ4v) is 3.49. The molecule has 0 aliphatic heterocycles. The lowest BCUT2D eigenvalue weighted by Crippen LogP contribution is -2.17. The van der Waals surface area contributed by atoms with Crippen molar-refractivity contribution in [3.63, 3.8) is 0 Å². The quantitative estimate of drug-likeness (QED) is 0.722. The Bertz CT molecular complexity index is 949. The van der Waals surface area contributed by atoms with Crippen molar-refractivity contribution in [3.8, 4) is 0 Å². The van der Waals surface area contributed by atoms with E-state index in [2.05, 4.69) is 49.8 Å². The molecule has 0 radical (unpaired) electrons. The minimum Gasteiger partial charge on any atom is -0.478 e. The fraction of sp³-hybridized carbons (Fsp3) is 0.250. The Morgan fingerprint density at radius 1 is 1.10 bits per heavy atom. The average molecular weight is 411 g/mol. The lowest BCUT2D eigenvalue weighted by atomic mass is 9.88. The normalized spacial score (nSPS) is 15.1. The summed E-state index contributed by atoms with van der Waals surface area (Å²) in [6, 6.07) is 13.6. The highest BCUT2D eigenvalue weighted by Crippen LogP contribution is 2.39. The van der Waals surface area contributed by atoms with Gasteiger partial charge in [0.25, 0.3) is 0 Å². The molecule has 6 heteroatoms. The summed E-state index contributed by atoms with van der Waals surface area (Å²) in [5.41, 5.74) is 5.71. The third kappa shape index (κ3) is 6.39. The van der Waals surface area contributed by atoms with Gasteiger partial charge in [-0.2, -0.15) is 0 Å². The van der Waals surface area contributed by atoms with Crippen LogP contribution >= 0.6 is 0 Å². The maximum atomic E-state index is 13.7. The van der Waals surface area contributed by atoms with E-state index in [9.17, 15) is 14.0 Å². The summed E-state index contributed by atoms with van der Waals surface area (Å²) in [4.78, 5) is 21.3. The predicted molar refractivity (Wildman–Crippen MR) is 115 cm³/mol. The molecule has 0 saturated heterocycles. The fourth-order valence-electron chi connectivity index (χ4n) is 3.49. The highest BCUT2D eigenvalue weighted by Gasteiger charge is 2.24. The van der Waals surface area contributed by atoms with E-state index < -0.39 is 11.9 Å². The number of carboxylic acids is 2. The topological polar surface area (TPSA) is 77.8 Å². The number of rotatable bonds is 5. The first kappa shape index (κ1) is 23.0. The molecule has 0 fully saturated rings. The zero-order chi connectivity index (χ0) is 22.3. The smallest absolute Gasteiger partial charge is 0.328 e. The maximum absolute atomic E-state index is 13.7. The monoisotopic (exact) mass is 411 g/mol. The van der Waals surface area contributed by atoms with Crippen LogP contribution in [0.5, 0.6) is 0 Å². The second-order valence-electron chi connectivity index (χ2n) is 7.37. The number of carboxylic acid groups (broad SMARTS) is 2. The summed E-state index contributed by atoms with van der Waals surface area (Å²) in [6.45, 7) is 5.31. The molecule has 3 rings (SSSR count). The van der Waals surface area contributed by atoms with Crippen molar-refractivity contribution >= 4 is 17.5 Å². The third-order valence-corrected chi connectivity index (χ3v) is 4.88. The molecule has 158 valence electrons. The molecule has 1 aliphatic rings. The minimum atomic E-state index is -1.26. The number of halogens is 1. The summed E-state index contributed by atoms with van der Waals surface area (Å²) in [6.07, 6.45) is 3.05. The van der Waals surface area contributed by atoms with Gasteiger partial charge in [0.05, 0.1) is 0 Å². The van der Waals surface area contributed by atoms with Crippen LogP contribution in [0.2, 0.25) is 0 Å². The number of aliphatic carboxylic acids is 2. The molecule has 5 nitrogen and oxygen atoms in total. The maximum Gasteiger partial charge on any atom is 0.328 e. The van der Waals surface area contributed by atoms with E-state index >= 15 is 0 Å². The summed E-state index contributed by atoms with van der Waals surface area (Å²) < 4.78 is 13.7. The molecule has 1 atom stereocenters. The SMILES string of the molecule is C=C1c2ccc(F)cc2CC(CCN(C)C)c2ccccc21.O=C(O)C=CC(=O)O. The molecule has 2 aromatic carbocycles.